The van der Waals surface area contributed by atoms with Gasteiger partial charge in [0.25, 0.3) is 0 Å². The Balaban J connectivity index is 2.02. The normalized spacial score (nSPS) is 17.9. The number of nitrogens with two attached hydrogens (primary N) is 1. The molecule has 0 radical (unpaired) electrons. The van der Waals surface area contributed by atoms with Crippen LogP contribution in [0.3, 0.4) is 0 Å². The summed E-state index contributed by atoms with van der Waals surface area (Å²) in [6, 6.07) is 8.60. The van der Waals surface area contributed by atoms with E-state index in [1.807, 2.05) is 0 Å². The Bertz CT molecular complexity index is 291. The van der Waals surface area contributed by atoms with Crippen LogP contribution in [0.25, 0.3) is 0 Å². The van der Waals surface area contributed by atoms with Gasteiger partial charge in [-0.05, 0) is 43.0 Å². The number of rotatable bonds is 3. The zero-order valence-electron chi connectivity index (χ0n) is 8.91. The Morgan fingerprint density at radius 1 is 1.20 bits per heavy atom. The van der Waals surface area contributed by atoms with Crippen LogP contribution in [0.1, 0.15) is 29.9 Å². The van der Waals surface area contributed by atoms with Crippen molar-refractivity contribution in [3.8, 4) is 0 Å². The van der Waals surface area contributed by atoms with Crippen LogP contribution in [0.15, 0.2) is 24.3 Å². The molecule has 15 heavy (non-hydrogen) atoms. The third-order valence-corrected chi connectivity index (χ3v) is 3.04. The van der Waals surface area contributed by atoms with Gasteiger partial charge in [0.15, 0.2) is 0 Å². The first kappa shape index (κ1) is 10.6. The van der Waals surface area contributed by atoms with E-state index in [1.165, 1.54) is 18.4 Å². The lowest BCUT2D eigenvalue weighted by Crippen LogP contribution is -2.26. The number of hydrogen-bond donors (Lipinski definition) is 2. The molecule has 1 aromatic rings. The smallest absolute Gasteiger partial charge is 0.0930 e. The van der Waals surface area contributed by atoms with Gasteiger partial charge in [0.2, 0.25) is 0 Å². The fourth-order valence-electron chi connectivity index (χ4n) is 2.14. The standard InChI is InChI=1S/C12H18N2O/c13-15-9-10-1-3-11(4-2-10)12-5-7-14-8-6-12/h1-4,12,14H,5-9,13H2. The Morgan fingerprint density at radius 3 is 2.47 bits per heavy atom. The van der Waals surface area contributed by atoms with Crippen LogP contribution in [0.4, 0.5) is 0 Å². The van der Waals surface area contributed by atoms with Crippen molar-refractivity contribution in [1.82, 2.24) is 5.32 Å². The third-order valence-electron chi connectivity index (χ3n) is 3.04. The van der Waals surface area contributed by atoms with E-state index in [-0.39, 0.29) is 0 Å². The molecular formula is C12H18N2O. The van der Waals surface area contributed by atoms with Gasteiger partial charge >= 0.3 is 0 Å². The average molecular weight is 206 g/mol. The van der Waals surface area contributed by atoms with Crippen molar-refractivity contribution >= 4 is 0 Å². The summed E-state index contributed by atoms with van der Waals surface area (Å²) in [7, 11) is 0. The van der Waals surface area contributed by atoms with Crippen LogP contribution in [-0.2, 0) is 11.4 Å². The summed E-state index contributed by atoms with van der Waals surface area (Å²) in [6.45, 7) is 2.77. The minimum Gasteiger partial charge on any atom is -0.317 e. The molecule has 0 saturated carbocycles. The lowest BCUT2D eigenvalue weighted by molar-refractivity contribution is 0.124. The highest BCUT2D eigenvalue weighted by Gasteiger charge is 2.14. The summed E-state index contributed by atoms with van der Waals surface area (Å²) in [6.07, 6.45) is 2.49. The second-order valence-electron chi connectivity index (χ2n) is 4.08. The molecule has 0 aromatic heterocycles. The predicted octanol–water partition coefficient (Wildman–Crippen LogP) is 1.54. The zero-order valence-corrected chi connectivity index (χ0v) is 8.91. The highest BCUT2D eigenvalue weighted by atomic mass is 16.6. The van der Waals surface area contributed by atoms with Crippen LogP contribution < -0.4 is 11.2 Å². The molecule has 1 heterocycles. The largest absolute Gasteiger partial charge is 0.317 e. The predicted molar refractivity (Wildman–Crippen MR) is 60.3 cm³/mol. The molecule has 82 valence electrons. The molecule has 0 amide bonds. The van der Waals surface area contributed by atoms with Crippen LogP contribution in [0, 0.1) is 0 Å². The number of benzene rings is 1. The summed E-state index contributed by atoms with van der Waals surface area (Å²) in [4.78, 5) is 4.60. The van der Waals surface area contributed by atoms with E-state index < -0.39 is 0 Å². The molecule has 0 spiro atoms. The fourth-order valence-corrected chi connectivity index (χ4v) is 2.14. The number of nitrogens with one attached hydrogen (secondary N) is 1. The van der Waals surface area contributed by atoms with Gasteiger partial charge in [0.1, 0.15) is 0 Å². The minimum absolute atomic E-state index is 0.493. The fraction of sp³-hybridized carbons (Fsp3) is 0.500. The Hall–Kier alpha value is -0.900. The van der Waals surface area contributed by atoms with Crippen LogP contribution in [0.5, 0.6) is 0 Å². The third kappa shape index (κ3) is 2.78. The molecule has 3 heteroatoms. The molecule has 3 N–H and O–H groups in total. The van der Waals surface area contributed by atoms with Crippen molar-refractivity contribution in [2.75, 3.05) is 13.1 Å². The molecule has 1 fully saturated rings. The monoisotopic (exact) mass is 206 g/mol. The lowest BCUT2D eigenvalue weighted by Gasteiger charge is -2.23. The van der Waals surface area contributed by atoms with E-state index in [0.29, 0.717) is 6.61 Å². The quantitative estimate of drug-likeness (QED) is 0.737. The maximum Gasteiger partial charge on any atom is 0.0930 e. The van der Waals surface area contributed by atoms with E-state index in [4.69, 9.17) is 5.90 Å². The first-order chi connectivity index (χ1) is 7.40. The van der Waals surface area contributed by atoms with Crippen molar-refractivity contribution in [3.63, 3.8) is 0 Å². The Morgan fingerprint density at radius 2 is 1.87 bits per heavy atom. The van der Waals surface area contributed by atoms with Crippen molar-refractivity contribution < 1.29 is 4.84 Å². The van der Waals surface area contributed by atoms with Crippen molar-refractivity contribution in [2.24, 2.45) is 5.90 Å². The lowest BCUT2D eigenvalue weighted by atomic mass is 9.90. The molecular weight excluding hydrogens is 188 g/mol. The highest BCUT2D eigenvalue weighted by molar-refractivity contribution is 5.25. The summed E-state index contributed by atoms with van der Waals surface area (Å²) >= 11 is 0. The number of piperidine rings is 1. The van der Waals surface area contributed by atoms with Crippen LogP contribution in [0.2, 0.25) is 0 Å². The van der Waals surface area contributed by atoms with E-state index in [0.717, 1.165) is 24.6 Å². The molecule has 1 aromatic carbocycles. The van der Waals surface area contributed by atoms with Gasteiger partial charge in [-0.25, -0.2) is 5.90 Å². The molecule has 0 aliphatic carbocycles. The van der Waals surface area contributed by atoms with Crippen molar-refractivity contribution in [2.45, 2.75) is 25.4 Å². The molecule has 1 saturated heterocycles. The molecule has 0 unspecified atom stereocenters. The summed E-state index contributed by atoms with van der Waals surface area (Å²) in [5.41, 5.74) is 2.58. The maximum absolute atomic E-state index is 5.03. The van der Waals surface area contributed by atoms with E-state index in [1.54, 1.807) is 0 Å². The van der Waals surface area contributed by atoms with Gasteiger partial charge < -0.3 is 5.32 Å². The molecule has 2 rings (SSSR count). The first-order valence-electron chi connectivity index (χ1n) is 5.51. The summed E-state index contributed by atoms with van der Waals surface area (Å²) in [5.74, 6) is 5.75. The van der Waals surface area contributed by atoms with Crippen molar-refractivity contribution in [3.05, 3.63) is 35.4 Å². The van der Waals surface area contributed by atoms with Gasteiger partial charge in [0, 0.05) is 0 Å². The minimum atomic E-state index is 0.493. The second-order valence-corrected chi connectivity index (χ2v) is 4.08. The topological polar surface area (TPSA) is 47.3 Å². The van der Waals surface area contributed by atoms with Gasteiger partial charge in [-0.2, -0.15) is 0 Å². The SMILES string of the molecule is NOCc1ccc(C2CCNCC2)cc1. The zero-order chi connectivity index (χ0) is 10.5. The number of hydrogen-bond acceptors (Lipinski definition) is 3. The molecule has 0 atom stereocenters. The van der Waals surface area contributed by atoms with Gasteiger partial charge in [-0.15, -0.1) is 0 Å². The molecule has 1 aliphatic rings. The molecule has 3 nitrogen and oxygen atoms in total. The van der Waals surface area contributed by atoms with Gasteiger partial charge in [-0.1, -0.05) is 24.3 Å². The molecule has 1 aliphatic heterocycles. The van der Waals surface area contributed by atoms with Gasteiger partial charge in [0.05, 0.1) is 6.61 Å². The Labute approximate surface area is 90.6 Å². The maximum atomic E-state index is 5.03. The highest BCUT2D eigenvalue weighted by Crippen LogP contribution is 2.25. The van der Waals surface area contributed by atoms with E-state index >= 15 is 0 Å². The first-order valence-corrected chi connectivity index (χ1v) is 5.51. The van der Waals surface area contributed by atoms with Crippen molar-refractivity contribution in [1.29, 1.82) is 0 Å². The summed E-state index contributed by atoms with van der Waals surface area (Å²) < 4.78 is 0. The molecule has 0 bridgehead atoms. The average Bonchev–Trinajstić information content (AvgIpc) is 2.32. The van der Waals surface area contributed by atoms with Crippen LogP contribution >= 0.6 is 0 Å². The van der Waals surface area contributed by atoms with Crippen LogP contribution in [-0.4, -0.2) is 13.1 Å². The summed E-state index contributed by atoms with van der Waals surface area (Å²) in [5, 5.41) is 3.38. The Kier molecular flexibility index (Phi) is 3.72. The van der Waals surface area contributed by atoms with E-state index in [9.17, 15) is 0 Å². The van der Waals surface area contributed by atoms with Gasteiger partial charge in [-0.3, -0.25) is 4.84 Å². The van der Waals surface area contributed by atoms with E-state index in [2.05, 4.69) is 34.4 Å². The second kappa shape index (κ2) is 5.26.